The first-order chi connectivity index (χ1) is 18.3. The number of hydrogen-bond donors (Lipinski definition) is 1. The van der Waals surface area contributed by atoms with Crippen molar-refractivity contribution in [1.82, 2.24) is 19.9 Å². The fourth-order valence-corrected chi connectivity index (χ4v) is 4.12. The van der Waals surface area contributed by atoms with E-state index in [0.29, 0.717) is 16.9 Å². The van der Waals surface area contributed by atoms with Crippen LogP contribution < -0.4 is 14.2 Å². The van der Waals surface area contributed by atoms with Gasteiger partial charge in [-0.15, -0.1) is 0 Å². The Hall–Kier alpha value is -4.55. The summed E-state index contributed by atoms with van der Waals surface area (Å²) in [5, 5.41) is 0.746. The second-order valence-electron chi connectivity index (χ2n) is 7.40. The summed E-state index contributed by atoms with van der Waals surface area (Å²) in [5.74, 6) is -0.174. The summed E-state index contributed by atoms with van der Waals surface area (Å²) in [6.07, 6.45) is 4.31. The van der Waals surface area contributed by atoms with E-state index in [9.17, 15) is 13.2 Å². The van der Waals surface area contributed by atoms with Crippen LogP contribution >= 0.6 is 11.6 Å². The highest BCUT2D eigenvalue weighted by atomic mass is 35.5. The Balaban J connectivity index is 1.69. The summed E-state index contributed by atoms with van der Waals surface area (Å²) in [7, 11) is -1.40. The van der Waals surface area contributed by atoms with E-state index < -0.39 is 16.0 Å². The van der Waals surface area contributed by atoms with Crippen LogP contribution in [0.5, 0.6) is 17.2 Å². The Bertz CT molecular complexity index is 1580. The lowest BCUT2D eigenvalue weighted by Gasteiger charge is -2.15. The summed E-state index contributed by atoms with van der Waals surface area (Å²) < 4.78 is 44.2. The summed E-state index contributed by atoms with van der Waals surface area (Å²) in [4.78, 5) is 28.2. The molecule has 38 heavy (non-hydrogen) atoms. The molecule has 4 aromatic rings. The predicted octanol–water partition coefficient (Wildman–Crippen LogP) is 4.59. The quantitative estimate of drug-likeness (QED) is 0.231. The SMILES string of the molecule is COC(=O)c1ccc(/C=C/S(=O)(=O)Nc2nc(-c3ncccn3)nc(Cl)c2Oc2ccccc2OC)cc1. The molecular weight excluding hydrogens is 534 g/mol. The van der Waals surface area contributed by atoms with Gasteiger partial charge in [0.15, 0.2) is 28.3 Å². The molecule has 0 radical (unpaired) electrons. The van der Waals surface area contributed by atoms with E-state index in [2.05, 4.69) is 29.4 Å². The van der Waals surface area contributed by atoms with Gasteiger partial charge < -0.3 is 14.2 Å². The zero-order valence-electron chi connectivity index (χ0n) is 20.0. The monoisotopic (exact) mass is 553 g/mol. The Kier molecular flexibility index (Phi) is 8.14. The van der Waals surface area contributed by atoms with E-state index in [1.54, 1.807) is 42.5 Å². The standard InChI is InChI=1S/C25H20ClN5O6S/c1-35-18-6-3-4-7-19(18)37-20-21(26)29-24(23-27-13-5-14-28-23)30-22(20)31-38(33,34)15-12-16-8-10-17(11-9-16)25(32)36-2/h3-15H,1-2H3,(H,29,30,31)/b15-12+. The maximum absolute atomic E-state index is 13.0. The van der Waals surface area contributed by atoms with Gasteiger partial charge >= 0.3 is 5.97 Å². The lowest BCUT2D eigenvalue weighted by Crippen LogP contribution is -2.13. The Morgan fingerprint density at radius 2 is 1.61 bits per heavy atom. The van der Waals surface area contributed by atoms with Crippen LogP contribution in [0.15, 0.2) is 72.4 Å². The summed E-state index contributed by atoms with van der Waals surface area (Å²) in [5.41, 5.74) is 0.850. The van der Waals surface area contributed by atoms with E-state index >= 15 is 0 Å². The van der Waals surface area contributed by atoms with Gasteiger partial charge in [-0.2, -0.15) is 0 Å². The van der Waals surface area contributed by atoms with Crippen LogP contribution in [0.25, 0.3) is 17.7 Å². The number of carbonyl (C=O) groups excluding carboxylic acids is 1. The third kappa shape index (κ3) is 6.41. The van der Waals surface area contributed by atoms with Gasteiger partial charge in [0.05, 0.1) is 25.2 Å². The van der Waals surface area contributed by atoms with E-state index in [0.717, 1.165) is 5.41 Å². The number of anilines is 1. The number of halogens is 1. The van der Waals surface area contributed by atoms with E-state index in [1.807, 2.05) is 0 Å². The molecule has 0 aliphatic heterocycles. The van der Waals surface area contributed by atoms with E-state index in [-0.39, 0.29) is 34.1 Å². The van der Waals surface area contributed by atoms with Crippen molar-refractivity contribution in [1.29, 1.82) is 0 Å². The van der Waals surface area contributed by atoms with Gasteiger partial charge in [-0.25, -0.2) is 33.1 Å². The van der Waals surface area contributed by atoms with Crippen molar-refractivity contribution in [2.75, 3.05) is 18.9 Å². The minimum Gasteiger partial charge on any atom is -0.493 e. The van der Waals surface area contributed by atoms with Gasteiger partial charge in [0, 0.05) is 12.4 Å². The fraction of sp³-hybridized carbons (Fsp3) is 0.0800. The molecule has 2 aromatic carbocycles. The molecule has 2 aromatic heterocycles. The molecule has 0 bridgehead atoms. The topological polar surface area (TPSA) is 142 Å². The Labute approximate surface area is 223 Å². The highest BCUT2D eigenvalue weighted by Crippen LogP contribution is 2.39. The number of carbonyl (C=O) groups is 1. The number of hydrogen-bond acceptors (Lipinski definition) is 10. The van der Waals surface area contributed by atoms with E-state index in [4.69, 9.17) is 21.1 Å². The van der Waals surface area contributed by atoms with Crippen molar-refractivity contribution in [3.8, 4) is 28.9 Å². The zero-order chi connectivity index (χ0) is 27.1. The molecule has 0 spiro atoms. The largest absolute Gasteiger partial charge is 0.493 e. The van der Waals surface area contributed by atoms with Crippen molar-refractivity contribution in [3.63, 3.8) is 0 Å². The third-order valence-corrected chi connectivity index (χ3v) is 6.11. The molecule has 4 rings (SSSR count). The number of para-hydroxylation sites is 2. The minimum absolute atomic E-state index is 0.0249. The smallest absolute Gasteiger partial charge is 0.337 e. The van der Waals surface area contributed by atoms with Gasteiger partial charge in [0.2, 0.25) is 11.6 Å². The van der Waals surface area contributed by atoms with Crippen molar-refractivity contribution < 1.29 is 27.4 Å². The van der Waals surface area contributed by atoms with Crippen LogP contribution in [0.3, 0.4) is 0 Å². The molecule has 1 N–H and O–H groups in total. The first kappa shape index (κ1) is 26.5. The number of nitrogens with one attached hydrogen (secondary N) is 1. The number of esters is 1. The Morgan fingerprint density at radius 1 is 0.921 bits per heavy atom. The minimum atomic E-state index is -4.13. The maximum Gasteiger partial charge on any atom is 0.337 e. The van der Waals surface area contributed by atoms with Crippen LogP contribution in [0.1, 0.15) is 15.9 Å². The highest BCUT2D eigenvalue weighted by molar-refractivity contribution is 7.95. The molecule has 0 fully saturated rings. The first-order valence-electron chi connectivity index (χ1n) is 10.8. The molecule has 0 aliphatic rings. The Morgan fingerprint density at radius 3 is 2.26 bits per heavy atom. The molecule has 0 saturated carbocycles. The first-order valence-corrected chi connectivity index (χ1v) is 12.8. The highest BCUT2D eigenvalue weighted by Gasteiger charge is 2.22. The average Bonchev–Trinajstić information content (AvgIpc) is 2.94. The summed E-state index contributed by atoms with van der Waals surface area (Å²) >= 11 is 6.42. The second kappa shape index (κ2) is 11.7. The third-order valence-electron chi connectivity index (χ3n) is 4.88. The molecule has 2 heterocycles. The number of methoxy groups -OCH3 is 2. The lowest BCUT2D eigenvalue weighted by atomic mass is 10.1. The van der Waals surface area contributed by atoms with Gasteiger partial charge in [0.1, 0.15) is 0 Å². The van der Waals surface area contributed by atoms with Crippen LogP contribution in [0.4, 0.5) is 5.82 Å². The van der Waals surface area contributed by atoms with Crippen molar-refractivity contribution in [3.05, 3.63) is 88.7 Å². The zero-order valence-corrected chi connectivity index (χ0v) is 21.6. The average molecular weight is 554 g/mol. The van der Waals surface area contributed by atoms with Gasteiger partial charge in [-0.05, 0) is 42.0 Å². The maximum atomic E-state index is 13.0. The molecule has 13 heteroatoms. The molecule has 0 aliphatic carbocycles. The predicted molar refractivity (Wildman–Crippen MR) is 140 cm³/mol. The number of ether oxygens (including phenoxy) is 3. The molecule has 0 amide bonds. The van der Waals surface area contributed by atoms with Crippen LogP contribution in [-0.4, -0.2) is 48.5 Å². The van der Waals surface area contributed by atoms with Crippen molar-refractivity contribution in [2.45, 2.75) is 0 Å². The van der Waals surface area contributed by atoms with Crippen LogP contribution in [-0.2, 0) is 14.8 Å². The van der Waals surface area contributed by atoms with Gasteiger partial charge in [0.25, 0.3) is 10.0 Å². The lowest BCUT2D eigenvalue weighted by molar-refractivity contribution is 0.0600. The molecule has 194 valence electrons. The molecule has 11 nitrogen and oxygen atoms in total. The van der Waals surface area contributed by atoms with Crippen molar-refractivity contribution >= 4 is 39.5 Å². The normalized spacial score (nSPS) is 11.2. The number of sulfonamides is 1. The van der Waals surface area contributed by atoms with Crippen LogP contribution in [0.2, 0.25) is 5.15 Å². The second-order valence-corrected chi connectivity index (χ2v) is 9.33. The van der Waals surface area contributed by atoms with Crippen molar-refractivity contribution in [2.24, 2.45) is 0 Å². The molecule has 0 saturated heterocycles. The molecular formula is C25H20ClN5O6S. The van der Waals surface area contributed by atoms with E-state index in [1.165, 1.54) is 44.8 Å². The summed E-state index contributed by atoms with van der Waals surface area (Å²) in [6, 6.07) is 14.5. The van der Waals surface area contributed by atoms with Crippen LogP contribution in [0, 0.1) is 0 Å². The van der Waals surface area contributed by atoms with Gasteiger partial charge in [-0.3, -0.25) is 4.72 Å². The van der Waals surface area contributed by atoms with Gasteiger partial charge in [-0.1, -0.05) is 35.9 Å². The fourth-order valence-electron chi connectivity index (χ4n) is 3.10. The number of aromatic nitrogens is 4. The number of nitrogens with zero attached hydrogens (tertiary/aromatic N) is 4. The molecule has 0 atom stereocenters. The number of benzene rings is 2. The molecule has 0 unspecified atom stereocenters. The summed E-state index contributed by atoms with van der Waals surface area (Å²) in [6.45, 7) is 0. The number of rotatable bonds is 9.